The van der Waals surface area contributed by atoms with Gasteiger partial charge in [0.15, 0.2) is 0 Å². The topological polar surface area (TPSA) is 39.1 Å². The summed E-state index contributed by atoms with van der Waals surface area (Å²) in [6, 6.07) is 34.7. The molecule has 252 valence electrons. The van der Waals surface area contributed by atoms with E-state index in [0.29, 0.717) is 22.4 Å². The van der Waals surface area contributed by atoms with E-state index in [0.717, 1.165) is 67.8 Å². The van der Waals surface area contributed by atoms with E-state index in [9.17, 15) is 0 Å². The fourth-order valence-electron chi connectivity index (χ4n) is 9.67. The Kier molecular flexibility index (Phi) is 6.47. The maximum Gasteiger partial charge on any atom is 0.266 e. The minimum Gasteiger partial charge on any atom is -0.268 e. The quantitative estimate of drug-likeness (QED) is 0.165. The molecule has 0 saturated carbocycles. The third kappa shape index (κ3) is 3.86. The van der Waals surface area contributed by atoms with E-state index < -0.39 is 0 Å². The zero-order chi connectivity index (χ0) is 35.7. The van der Waals surface area contributed by atoms with Crippen LogP contribution in [0.2, 0.25) is 0 Å². The Hall–Kier alpha value is -5.80. The summed E-state index contributed by atoms with van der Waals surface area (Å²) in [5, 5.41) is 12.1. The van der Waals surface area contributed by atoms with E-state index in [-0.39, 0.29) is 11.1 Å². The van der Waals surface area contributed by atoms with Gasteiger partial charge in [-0.2, -0.15) is 0 Å². The Morgan fingerprint density at radius 1 is 0.519 bits per heavy atom. The molecule has 3 heteroatoms. The average Bonchev–Trinajstić information content (AvgIpc) is 3.65. The molecule has 1 aromatic heterocycles. The second-order valence-corrected chi connectivity index (χ2v) is 15.2. The number of rotatable bonds is 6. The van der Waals surface area contributed by atoms with Crippen LogP contribution in [0.25, 0.3) is 92.6 Å². The van der Waals surface area contributed by atoms with Gasteiger partial charge < -0.3 is 0 Å². The first-order valence-corrected chi connectivity index (χ1v) is 18.6. The van der Waals surface area contributed by atoms with Crippen LogP contribution in [0.1, 0.15) is 60.4 Å². The van der Waals surface area contributed by atoms with Gasteiger partial charge in [-0.25, -0.2) is 4.57 Å². The van der Waals surface area contributed by atoms with Crippen molar-refractivity contribution in [2.45, 2.75) is 60.3 Å². The molecule has 0 spiro atoms. The van der Waals surface area contributed by atoms with E-state index in [2.05, 4.69) is 120 Å². The molecule has 0 fully saturated rings. The molecule has 1 atom stereocenters. The first-order chi connectivity index (χ1) is 25.2. The predicted molar refractivity (Wildman–Crippen MR) is 221 cm³/mol. The molecule has 9 aromatic carbocycles. The Labute approximate surface area is 302 Å². The molecule has 0 amide bonds. The highest BCUT2D eigenvalue weighted by Gasteiger charge is 2.30. The summed E-state index contributed by atoms with van der Waals surface area (Å²) < 4.78 is 1.46. The van der Waals surface area contributed by atoms with E-state index in [1.807, 2.05) is 19.1 Å². The third-order valence-electron chi connectivity index (χ3n) is 12.5. The van der Waals surface area contributed by atoms with Crippen molar-refractivity contribution in [2.24, 2.45) is 0 Å². The van der Waals surface area contributed by atoms with Crippen molar-refractivity contribution in [3.8, 4) is 27.9 Å². The zero-order valence-corrected chi connectivity index (χ0v) is 30.5. The second-order valence-electron chi connectivity index (χ2n) is 15.2. The van der Waals surface area contributed by atoms with Gasteiger partial charge in [0.1, 0.15) is 0 Å². The minimum atomic E-state index is -0.245. The first kappa shape index (κ1) is 31.0. The molecular formula is C49H39NO2. The second kappa shape index (κ2) is 10.9. The molecule has 1 heterocycles. The lowest BCUT2D eigenvalue weighted by Crippen LogP contribution is -2.24. The summed E-state index contributed by atoms with van der Waals surface area (Å²) in [6.45, 7) is 12.9. The Morgan fingerprint density at radius 2 is 1.08 bits per heavy atom. The fourth-order valence-corrected chi connectivity index (χ4v) is 9.67. The highest BCUT2D eigenvalue weighted by molar-refractivity contribution is 6.50. The lowest BCUT2D eigenvalue weighted by atomic mass is 9.85. The van der Waals surface area contributed by atoms with Crippen molar-refractivity contribution in [1.29, 1.82) is 0 Å². The lowest BCUT2D eigenvalue weighted by molar-refractivity contribution is 0.666. The normalized spacial score (nSPS) is 13.0. The summed E-state index contributed by atoms with van der Waals surface area (Å²) in [4.78, 5) is 30.2. The molecule has 0 aliphatic rings. The predicted octanol–water partition coefficient (Wildman–Crippen LogP) is 12.3. The monoisotopic (exact) mass is 673 g/mol. The van der Waals surface area contributed by atoms with Crippen LogP contribution in [0.3, 0.4) is 0 Å². The van der Waals surface area contributed by atoms with Gasteiger partial charge in [0, 0.05) is 0 Å². The van der Waals surface area contributed by atoms with Gasteiger partial charge in [-0.3, -0.25) is 9.59 Å². The summed E-state index contributed by atoms with van der Waals surface area (Å²) in [7, 11) is 0. The minimum absolute atomic E-state index is 0.244. The van der Waals surface area contributed by atoms with Crippen molar-refractivity contribution in [3.05, 3.63) is 146 Å². The number of hydrogen-bond acceptors (Lipinski definition) is 2. The molecule has 1 unspecified atom stereocenters. The van der Waals surface area contributed by atoms with Crippen LogP contribution >= 0.6 is 0 Å². The van der Waals surface area contributed by atoms with E-state index in [1.54, 1.807) is 0 Å². The molecule has 0 N–H and O–H groups in total. The SMILES string of the molecule is CCCC(C)c1ccccc1-c1cc2c3c(=O)n(-c4ccc(C)c(C)c4C)c(=O)c3c3cc(-c4ccccc4C)c4ccc5ccc1c1c5c4c3c21. The molecule has 0 bridgehead atoms. The Balaban J connectivity index is 1.49. The largest absolute Gasteiger partial charge is 0.268 e. The highest BCUT2D eigenvalue weighted by atomic mass is 16.2. The molecule has 0 aliphatic heterocycles. The van der Waals surface area contributed by atoms with Crippen LogP contribution in [0.5, 0.6) is 0 Å². The van der Waals surface area contributed by atoms with Crippen molar-refractivity contribution in [2.75, 3.05) is 0 Å². The van der Waals surface area contributed by atoms with E-state index >= 15 is 9.59 Å². The van der Waals surface area contributed by atoms with Crippen molar-refractivity contribution in [1.82, 2.24) is 4.57 Å². The van der Waals surface area contributed by atoms with Crippen LogP contribution in [-0.4, -0.2) is 4.57 Å². The zero-order valence-electron chi connectivity index (χ0n) is 30.5. The maximum absolute atomic E-state index is 15.1. The van der Waals surface area contributed by atoms with Gasteiger partial charge in [-0.05, 0) is 162 Å². The maximum atomic E-state index is 15.1. The van der Waals surface area contributed by atoms with Crippen molar-refractivity contribution in [3.63, 3.8) is 0 Å². The van der Waals surface area contributed by atoms with Gasteiger partial charge in [0.05, 0.1) is 16.5 Å². The van der Waals surface area contributed by atoms with Crippen molar-refractivity contribution >= 4 is 64.6 Å². The summed E-state index contributed by atoms with van der Waals surface area (Å²) in [5.41, 5.74) is 10.4. The summed E-state index contributed by atoms with van der Waals surface area (Å²) in [6.07, 6.45) is 2.19. The molecule has 10 aromatic rings. The van der Waals surface area contributed by atoms with Crippen LogP contribution in [0, 0.1) is 27.7 Å². The lowest BCUT2D eigenvalue weighted by Gasteiger charge is -2.19. The highest BCUT2D eigenvalue weighted by Crippen LogP contribution is 2.54. The molecule has 0 aliphatic carbocycles. The molecule has 10 rings (SSSR count). The number of aromatic nitrogens is 1. The molecule has 0 saturated heterocycles. The molecule has 52 heavy (non-hydrogen) atoms. The Bertz CT molecular complexity index is 3180. The van der Waals surface area contributed by atoms with Crippen molar-refractivity contribution < 1.29 is 0 Å². The number of benzene rings is 8. The van der Waals surface area contributed by atoms with Gasteiger partial charge in [0.2, 0.25) is 0 Å². The molecule has 3 nitrogen and oxygen atoms in total. The van der Waals surface area contributed by atoms with Crippen LogP contribution in [0.4, 0.5) is 0 Å². The molecular weight excluding hydrogens is 635 g/mol. The first-order valence-electron chi connectivity index (χ1n) is 18.6. The van der Waals surface area contributed by atoms with Crippen LogP contribution in [-0.2, 0) is 0 Å². The van der Waals surface area contributed by atoms with E-state index in [4.69, 9.17) is 0 Å². The number of fused-ring (bicyclic) bond motifs is 3. The van der Waals surface area contributed by atoms with Gasteiger partial charge >= 0.3 is 0 Å². The fraction of sp³-hybridized carbons (Fsp3) is 0.184. The van der Waals surface area contributed by atoms with Crippen LogP contribution < -0.4 is 11.1 Å². The number of hydrogen-bond donors (Lipinski definition) is 0. The smallest absolute Gasteiger partial charge is 0.266 e. The molecule has 0 radical (unpaired) electrons. The van der Waals surface area contributed by atoms with E-state index in [1.165, 1.54) is 53.6 Å². The third-order valence-corrected chi connectivity index (χ3v) is 12.5. The summed E-state index contributed by atoms with van der Waals surface area (Å²) in [5.74, 6) is 0.373. The van der Waals surface area contributed by atoms with Gasteiger partial charge in [-0.1, -0.05) is 99.1 Å². The van der Waals surface area contributed by atoms with Crippen LogP contribution in [0.15, 0.2) is 107 Å². The summed E-state index contributed by atoms with van der Waals surface area (Å²) >= 11 is 0. The van der Waals surface area contributed by atoms with Gasteiger partial charge in [0.25, 0.3) is 11.1 Å². The number of aryl methyl sites for hydroxylation is 2. The average molecular weight is 674 g/mol. The Morgan fingerprint density at radius 3 is 1.69 bits per heavy atom. The standard InChI is InChI=1S/C49H39NO2/c1-7-12-26(3)31-14-10-11-16-33(31)37-24-39-45-43-35(37)21-19-30-18-20-34-36(32-15-9-8-13-27(32)4)23-38(44(45)42(34)41(30)43)46-47(39)49(52)50(48(46)51)40-22-17-25(2)28(5)29(40)6/h8-11,13-24,26H,7,12H2,1-6H3. The van der Waals surface area contributed by atoms with Gasteiger partial charge in [-0.15, -0.1) is 0 Å². The number of nitrogens with zero attached hydrogens (tertiary/aromatic N) is 1.